The molecule has 1 aromatic rings. The van der Waals surface area contributed by atoms with Crippen LogP contribution in [0.1, 0.15) is 25.3 Å². The van der Waals surface area contributed by atoms with E-state index < -0.39 is 5.79 Å². The summed E-state index contributed by atoms with van der Waals surface area (Å²) in [5.41, 5.74) is 0.994. The van der Waals surface area contributed by atoms with E-state index in [-0.39, 0.29) is 5.78 Å². The Morgan fingerprint density at radius 1 is 1.25 bits per heavy atom. The normalized spacial score (nSPS) is 18.6. The fraction of sp³-hybridized carbons (Fsp3) is 0.462. The average Bonchev–Trinajstić information content (AvgIpc) is 2.78. The number of hydrogen-bond acceptors (Lipinski definition) is 3. The van der Waals surface area contributed by atoms with Crippen LogP contribution >= 0.6 is 0 Å². The quantitative estimate of drug-likeness (QED) is 0.780. The van der Waals surface area contributed by atoms with Gasteiger partial charge in [0, 0.05) is 18.4 Å². The zero-order chi connectivity index (χ0) is 11.4. The molecule has 1 saturated heterocycles. The van der Waals surface area contributed by atoms with Gasteiger partial charge in [-0.1, -0.05) is 30.3 Å². The summed E-state index contributed by atoms with van der Waals surface area (Å²) in [4.78, 5) is 11.1. The molecule has 2 rings (SSSR count). The summed E-state index contributed by atoms with van der Waals surface area (Å²) in [7, 11) is 0. The molecule has 0 aromatic heterocycles. The van der Waals surface area contributed by atoms with Crippen molar-refractivity contribution in [3.8, 4) is 0 Å². The van der Waals surface area contributed by atoms with Crippen molar-refractivity contribution in [3.63, 3.8) is 0 Å². The first-order chi connectivity index (χ1) is 7.73. The standard InChI is InChI=1S/C13H16O3/c1-11(14)7-8-13(15-9-10-16-13)12-5-3-2-4-6-12/h2-6H,7-10H2,1H3. The van der Waals surface area contributed by atoms with Crippen LogP contribution in [0.3, 0.4) is 0 Å². The maximum atomic E-state index is 11.1. The average molecular weight is 220 g/mol. The highest BCUT2D eigenvalue weighted by molar-refractivity contribution is 5.75. The fourth-order valence-electron chi connectivity index (χ4n) is 1.94. The second kappa shape index (κ2) is 4.76. The maximum Gasteiger partial charge on any atom is 0.195 e. The number of carbonyl (C=O) groups is 1. The summed E-state index contributed by atoms with van der Waals surface area (Å²) in [5, 5.41) is 0. The van der Waals surface area contributed by atoms with Gasteiger partial charge < -0.3 is 14.3 Å². The molecule has 1 fully saturated rings. The molecule has 1 aromatic carbocycles. The number of rotatable bonds is 4. The lowest BCUT2D eigenvalue weighted by Gasteiger charge is -2.27. The van der Waals surface area contributed by atoms with Crippen LogP contribution in [0, 0.1) is 0 Å². The molecule has 0 saturated carbocycles. The Morgan fingerprint density at radius 3 is 2.44 bits per heavy atom. The Kier molecular flexibility index (Phi) is 3.36. The van der Waals surface area contributed by atoms with Gasteiger partial charge in [-0.05, 0) is 6.92 Å². The number of benzene rings is 1. The Hall–Kier alpha value is -1.19. The van der Waals surface area contributed by atoms with E-state index in [1.807, 2.05) is 30.3 Å². The molecule has 0 N–H and O–H groups in total. The molecule has 3 nitrogen and oxygen atoms in total. The Morgan fingerprint density at radius 2 is 1.88 bits per heavy atom. The number of carbonyl (C=O) groups excluding carboxylic acids is 1. The first kappa shape index (κ1) is 11.3. The lowest BCUT2D eigenvalue weighted by molar-refractivity contribution is -0.172. The lowest BCUT2D eigenvalue weighted by Crippen LogP contribution is -2.27. The van der Waals surface area contributed by atoms with Gasteiger partial charge in [0.15, 0.2) is 5.79 Å². The van der Waals surface area contributed by atoms with Gasteiger partial charge in [-0.2, -0.15) is 0 Å². The molecule has 1 aliphatic heterocycles. The van der Waals surface area contributed by atoms with Crippen LogP contribution in [0.15, 0.2) is 30.3 Å². The third kappa shape index (κ3) is 2.31. The van der Waals surface area contributed by atoms with Crippen LogP contribution in [-0.4, -0.2) is 19.0 Å². The zero-order valence-corrected chi connectivity index (χ0v) is 9.44. The predicted molar refractivity (Wildman–Crippen MR) is 59.9 cm³/mol. The second-order valence-electron chi connectivity index (χ2n) is 4.02. The van der Waals surface area contributed by atoms with E-state index in [0.717, 1.165) is 5.56 Å². The Bertz CT molecular complexity index is 353. The van der Waals surface area contributed by atoms with E-state index in [2.05, 4.69) is 0 Å². The molecule has 1 heterocycles. The topological polar surface area (TPSA) is 35.5 Å². The van der Waals surface area contributed by atoms with E-state index in [1.165, 1.54) is 0 Å². The fourth-order valence-corrected chi connectivity index (χ4v) is 1.94. The third-order valence-electron chi connectivity index (χ3n) is 2.77. The molecular weight excluding hydrogens is 204 g/mol. The smallest absolute Gasteiger partial charge is 0.195 e. The third-order valence-corrected chi connectivity index (χ3v) is 2.77. The van der Waals surface area contributed by atoms with Crippen molar-refractivity contribution in [3.05, 3.63) is 35.9 Å². The van der Waals surface area contributed by atoms with Crippen molar-refractivity contribution in [2.24, 2.45) is 0 Å². The highest BCUT2D eigenvalue weighted by Crippen LogP contribution is 2.35. The monoisotopic (exact) mass is 220 g/mol. The van der Waals surface area contributed by atoms with Crippen molar-refractivity contribution in [2.45, 2.75) is 25.6 Å². The van der Waals surface area contributed by atoms with Gasteiger partial charge >= 0.3 is 0 Å². The van der Waals surface area contributed by atoms with Crippen LogP contribution in [0.2, 0.25) is 0 Å². The van der Waals surface area contributed by atoms with Crippen molar-refractivity contribution >= 4 is 5.78 Å². The number of Topliss-reactive ketones (excluding diaryl/α,β-unsaturated/α-hetero) is 1. The molecule has 1 aliphatic rings. The summed E-state index contributed by atoms with van der Waals surface area (Å²) in [5.74, 6) is -0.540. The molecular formula is C13H16O3. The van der Waals surface area contributed by atoms with Crippen molar-refractivity contribution in [2.75, 3.05) is 13.2 Å². The minimum absolute atomic E-state index is 0.161. The van der Waals surface area contributed by atoms with Gasteiger partial charge in [0.05, 0.1) is 13.2 Å². The Balaban J connectivity index is 2.19. The summed E-state index contributed by atoms with van der Waals surface area (Å²) >= 11 is 0. The van der Waals surface area contributed by atoms with Gasteiger partial charge in [-0.15, -0.1) is 0 Å². The molecule has 0 aliphatic carbocycles. The molecule has 0 atom stereocenters. The van der Waals surface area contributed by atoms with E-state index >= 15 is 0 Å². The summed E-state index contributed by atoms with van der Waals surface area (Å²) in [6, 6.07) is 9.82. The van der Waals surface area contributed by atoms with Crippen LogP contribution in [-0.2, 0) is 20.1 Å². The van der Waals surface area contributed by atoms with Gasteiger partial charge in [-0.3, -0.25) is 0 Å². The van der Waals surface area contributed by atoms with E-state index in [0.29, 0.717) is 26.1 Å². The van der Waals surface area contributed by atoms with Crippen molar-refractivity contribution in [1.29, 1.82) is 0 Å². The van der Waals surface area contributed by atoms with E-state index in [1.54, 1.807) is 6.92 Å². The number of ether oxygens (including phenoxy) is 2. The molecule has 86 valence electrons. The summed E-state index contributed by atoms with van der Waals surface area (Å²) < 4.78 is 11.4. The van der Waals surface area contributed by atoms with E-state index in [4.69, 9.17) is 9.47 Å². The molecule has 0 bridgehead atoms. The van der Waals surface area contributed by atoms with Crippen LogP contribution in [0.5, 0.6) is 0 Å². The highest BCUT2D eigenvalue weighted by atomic mass is 16.7. The minimum atomic E-state index is -0.701. The second-order valence-corrected chi connectivity index (χ2v) is 4.02. The first-order valence-corrected chi connectivity index (χ1v) is 5.56. The number of hydrogen-bond donors (Lipinski definition) is 0. The first-order valence-electron chi connectivity index (χ1n) is 5.56. The molecule has 0 radical (unpaired) electrons. The van der Waals surface area contributed by atoms with Crippen LogP contribution < -0.4 is 0 Å². The Labute approximate surface area is 95.4 Å². The molecule has 3 heteroatoms. The summed E-state index contributed by atoms with van der Waals surface area (Å²) in [6.07, 6.45) is 1.07. The molecule has 16 heavy (non-hydrogen) atoms. The van der Waals surface area contributed by atoms with Crippen molar-refractivity contribution < 1.29 is 14.3 Å². The molecule has 0 spiro atoms. The van der Waals surface area contributed by atoms with Gasteiger partial charge in [0.2, 0.25) is 0 Å². The summed E-state index contributed by atoms with van der Waals surface area (Å²) in [6.45, 7) is 2.77. The zero-order valence-electron chi connectivity index (χ0n) is 9.44. The molecule has 0 unspecified atom stereocenters. The van der Waals surface area contributed by atoms with Crippen molar-refractivity contribution in [1.82, 2.24) is 0 Å². The van der Waals surface area contributed by atoms with Gasteiger partial charge in [0.25, 0.3) is 0 Å². The number of ketones is 1. The largest absolute Gasteiger partial charge is 0.343 e. The van der Waals surface area contributed by atoms with Gasteiger partial charge in [0.1, 0.15) is 5.78 Å². The van der Waals surface area contributed by atoms with Crippen LogP contribution in [0.25, 0.3) is 0 Å². The lowest BCUT2D eigenvalue weighted by atomic mass is 9.99. The van der Waals surface area contributed by atoms with Gasteiger partial charge in [-0.25, -0.2) is 0 Å². The minimum Gasteiger partial charge on any atom is -0.343 e. The maximum absolute atomic E-state index is 11.1. The van der Waals surface area contributed by atoms with Crippen LogP contribution in [0.4, 0.5) is 0 Å². The van der Waals surface area contributed by atoms with E-state index in [9.17, 15) is 4.79 Å². The molecule has 0 amide bonds. The highest BCUT2D eigenvalue weighted by Gasteiger charge is 2.38. The SMILES string of the molecule is CC(=O)CCC1(c2ccccc2)OCCO1. The predicted octanol–water partition coefficient (Wildman–Crippen LogP) is 2.26.